The molecular formula is C15H20FNO5S. The predicted molar refractivity (Wildman–Crippen MR) is 82.1 cm³/mol. The van der Waals surface area contributed by atoms with E-state index in [1.165, 1.54) is 18.2 Å². The van der Waals surface area contributed by atoms with Gasteiger partial charge < -0.3 is 9.84 Å². The molecule has 0 amide bonds. The van der Waals surface area contributed by atoms with Crippen LogP contribution in [0.25, 0.3) is 0 Å². The number of aryl methyl sites for hydroxylation is 1. The van der Waals surface area contributed by atoms with Crippen LogP contribution in [0.3, 0.4) is 0 Å². The first-order valence-corrected chi connectivity index (χ1v) is 8.88. The topological polar surface area (TPSA) is 92.7 Å². The van der Waals surface area contributed by atoms with Crippen LogP contribution in [-0.2, 0) is 26.0 Å². The summed E-state index contributed by atoms with van der Waals surface area (Å²) < 4.78 is 44.7. The maximum absolute atomic E-state index is 13.1. The number of hydrogen-bond donors (Lipinski definition) is 2. The number of sulfonamides is 1. The zero-order valence-corrected chi connectivity index (χ0v) is 13.6. The van der Waals surface area contributed by atoms with Crippen molar-refractivity contribution in [2.45, 2.75) is 25.0 Å². The molecular weight excluding hydrogens is 325 g/mol. The van der Waals surface area contributed by atoms with Gasteiger partial charge in [-0.1, -0.05) is 6.07 Å². The molecule has 128 valence electrons. The minimum absolute atomic E-state index is 0.129. The lowest BCUT2D eigenvalue weighted by Gasteiger charge is -2.17. The highest BCUT2D eigenvalue weighted by atomic mass is 32.2. The predicted octanol–water partition coefficient (Wildman–Crippen LogP) is 1.09. The highest BCUT2D eigenvalue weighted by molar-refractivity contribution is 7.90. The minimum Gasteiger partial charge on any atom is -0.481 e. The monoisotopic (exact) mass is 345 g/mol. The summed E-state index contributed by atoms with van der Waals surface area (Å²) in [4.78, 5) is 11.4. The van der Waals surface area contributed by atoms with Crippen LogP contribution in [0.4, 0.5) is 4.39 Å². The Labute approximate surface area is 134 Å². The molecule has 0 radical (unpaired) electrons. The molecule has 8 heteroatoms. The van der Waals surface area contributed by atoms with Gasteiger partial charge in [0.15, 0.2) is 0 Å². The largest absolute Gasteiger partial charge is 0.481 e. The Hall–Kier alpha value is -1.51. The van der Waals surface area contributed by atoms with Gasteiger partial charge in [-0.25, -0.2) is 17.5 Å². The van der Waals surface area contributed by atoms with E-state index in [0.717, 1.165) is 0 Å². The van der Waals surface area contributed by atoms with E-state index in [1.54, 1.807) is 6.92 Å². The SMILES string of the molecule is Cc1cc(F)ccc1CC(CNS(=O)(=O)C1CCOC1)C(=O)O. The van der Waals surface area contributed by atoms with E-state index >= 15 is 0 Å². The van der Waals surface area contributed by atoms with Gasteiger partial charge in [-0.05, 0) is 43.0 Å². The summed E-state index contributed by atoms with van der Waals surface area (Å²) in [5.74, 6) is -2.41. The number of halogens is 1. The van der Waals surface area contributed by atoms with Crippen molar-refractivity contribution in [2.24, 2.45) is 5.92 Å². The molecule has 1 aliphatic heterocycles. The Bertz CT molecular complexity index is 670. The van der Waals surface area contributed by atoms with Crippen molar-refractivity contribution in [1.29, 1.82) is 0 Å². The number of ether oxygens (including phenoxy) is 1. The van der Waals surface area contributed by atoms with Crippen molar-refractivity contribution < 1.29 is 27.4 Å². The van der Waals surface area contributed by atoms with E-state index in [1.807, 2.05) is 0 Å². The average Bonchev–Trinajstić information content (AvgIpc) is 3.00. The highest BCUT2D eigenvalue weighted by Gasteiger charge is 2.31. The van der Waals surface area contributed by atoms with Crippen molar-refractivity contribution >= 4 is 16.0 Å². The molecule has 2 rings (SSSR count). The highest BCUT2D eigenvalue weighted by Crippen LogP contribution is 2.17. The smallest absolute Gasteiger partial charge is 0.308 e. The van der Waals surface area contributed by atoms with Crippen LogP contribution in [0.15, 0.2) is 18.2 Å². The quantitative estimate of drug-likeness (QED) is 0.772. The van der Waals surface area contributed by atoms with E-state index in [4.69, 9.17) is 4.74 Å². The molecule has 1 saturated heterocycles. The first kappa shape index (κ1) is 17.8. The number of carboxylic acid groups (broad SMARTS) is 1. The number of hydrogen-bond acceptors (Lipinski definition) is 4. The first-order chi connectivity index (χ1) is 10.8. The second-order valence-electron chi connectivity index (χ2n) is 5.69. The van der Waals surface area contributed by atoms with Crippen LogP contribution in [0.5, 0.6) is 0 Å². The lowest BCUT2D eigenvalue weighted by Crippen LogP contribution is -2.39. The standard InChI is InChI=1S/C15H20FNO5S/c1-10-6-13(16)3-2-11(10)7-12(15(18)19)8-17-23(20,21)14-4-5-22-9-14/h2-3,6,12,14,17H,4-5,7-9H2,1H3,(H,18,19). The third kappa shape index (κ3) is 4.73. The number of carbonyl (C=O) groups is 1. The third-order valence-electron chi connectivity index (χ3n) is 3.98. The fraction of sp³-hybridized carbons (Fsp3) is 0.533. The summed E-state index contributed by atoms with van der Waals surface area (Å²) in [7, 11) is -3.60. The summed E-state index contributed by atoms with van der Waals surface area (Å²) in [6, 6.07) is 4.12. The zero-order chi connectivity index (χ0) is 17.0. The van der Waals surface area contributed by atoms with Crippen LogP contribution in [0, 0.1) is 18.7 Å². The number of rotatable bonds is 7. The van der Waals surface area contributed by atoms with Gasteiger partial charge >= 0.3 is 5.97 Å². The Kier molecular flexibility index (Phi) is 5.72. The van der Waals surface area contributed by atoms with E-state index in [2.05, 4.69) is 4.72 Å². The molecule has 0 bridgehead atoms. The second-order valence-corrected chi connectivity index (χ2v) is 7.73. The molecule has 23 heavy (non-hydrogen) atoms. The average molecular weight is 345 g/mol. The van der Waals surface area contributed by atoms with Crippen molar-refractivity contribution in [2.75, 3.05) is 19.8 Å². The molecule has 0 spiro atoms. The lowest BCUT2D eigenvalue weighted by atomic mass is 9.96. The van der Waals surface area contributed by atoms with E-state index in [-0.39, 0.29) is 25.4 Å². The van der Waals surface area contributed by atoms with Crippen LogP contribution in [0.2, 0.25) is 0 Å². The molecule has 1 aromatic rings. The molecule has 1 fully saturated rings. The molecule has 1 aromatic carbocycles. The Balaban J connectivity index is 2.03. The van der Waals surface area contributed by atoms with E-state index in [9.17, 15) is 22.7 Å². The van der Waals surface area contributed by atoms with E-state index in [0.29, 0.717) is 24.2 Å². The molecule has 2 unspecified atom stereocenters. The molecule has 2 N–H and O–H groups in total. The van der Waals surface area contributed by atoms with E-state index < -0.39 is 27.2 Å². The van der Waals surface area contributed by atoms with Gasteiger partial charge in [0.25, 0.3) is 0 Å². The maximum atomic E-state index is 13.1. The van der Waals surface area contributed by atoms with Gasteiger partial charge in [-0.2, -0.15) is 0 Å². The maximum Gasteiger partial charge on any atom is 0.308 e. The van der Waals surface area contributed by atoms with Crippen LogP contribution >= 0.6 is 0 Å². The summed E-state index contributed by atoms with van der Waals surface area (Å²) in [5, 5.41) is 8.67. The molecule has 6 nitrogen and oxygen atoms in total. The fourth-order valence-corrected chi connectivity index (χ4v) is 3.84. The van der Waals surface area contributed by atoms with Crippen molar-refractivity contribution in [3.8, 4) is 0 Å². The lowest BCUT2D eigenvalue weighted by molar-refractivity contribution is -0.141. The second kappa shape index (κ2) is 7.37. The van der Waals surface area contributed by atoms with Gasteiger partial charge in [-0.3, -0.25) is 4.79 Å². The normalized spacial score (nSPS) is 19.7. The van der Waals surface area contributed by atoms with Crippen molar-refractivity contribution in [3.05, 3.63) is 35.1 Å². The van der Waals surface area contributed by atoms with Gasteiger partial charge in [0.05, 0.1) is 12.5 Å². The summed E-state index contributed by atoms with van der Waals surface area (Å²) in [5.41, 5.74) is 1.32. The van der Waals surface area contributed by atoms with Gasteiger partial charge in [0.2, 0.25) is 10.0 Å². The van der Waals surface area contributed by atoms with Crippen molar-refractivity contribution in [3.63, 3.8) is 0 Å². The Morgan fingerprint density at radius 3 is 2.83 bits per heavy atom. The number of benzene rings is 1. The minimum atomic E-state index is -3.60. The Morgan fingerprint density at radius 1 is 1.52 bits per heavy atom. The summed E-state index contributed by atoms with van der Waals surface area (Å²) in [6.45, 7) is 2.01. The zero-order valence-electron chi connectivity index (χ0n) is 12.8. The van der Waals surface area contributed by atoms with Crippen LogP contribution in [0.1, 0.15) is 17.5 Å². The van der Waals surface area contributed by atoms with Crippen LogP contribution in [-0.4, -0.2) is 44.5 Å². The van der Waals surface area contributed by atoms with Crippen LogP contribution < -0.4 is 4.72 Å². The molecule has 0 aliphatic carbocycles. The first-order valence-electron chi connectivity index (χ1n) is 7.33. The van der Waals surface area contributed by atoms with Gasteiger partial charge in [0, 0.05) is 13.2 Å². The third-order valence-corrected chi connectivity index (χ3v) is 5.80. The molecule has 1 heterocycles. The molecule has 1 aliphatic rings. The van der Waals surface area contributed by atoms with Gasteiger partial charge in [-0.15, -0.1) is 0 Å². The van der Waals surface area contributed by atoms with Crippen molar-refractivity contribution in [1.82, 2.24) is 4.72 Å². The molecule has 0 saturated carbocycles. The number of aliphatic carboxylic acids is 1. The van der Waals surface area contributed by atoms with Gasteiger partial charge in [0.1, 0.15) is 11.1 Å². The summed E-state index contributed by atoms with van der Waals surface area (Å²) >= 11 is 0. The summed E-state index contributed by atoms with van der Waals surface area (Å²) in [6.07, 6.45) is 0.537. The number of nitrogens with one attached hydrogen (secondary N) is 1. The molecule has 0 aromatic heterocycles. The molecule has 2 atom stereocenters. The number of carboxylic acids is 1. The fourth-order valence-electron chi connectivity index (χ4n) is 2.49. The Morgan fingerprint density at radius 2 is 2.26 bits per heavy atom.